The van der Waals surface area contributed by atoms with Crippen molar-refractivity contribution in [2.24, 2.45) is 0 Å². The average Bonchev–Trinajstić information content (AvgIpc) is 3.27. The number of fused-ring (bicyclic) bond motifs is 2. The van der Waals surface area contributed by atoms with Crippen LogP contribution in [0.15, 0.2) is 42.6 Å². The molecule has 0 saturated carbocycles. The first-order valence-corrected chi connectivity index (χ1v) is 8.36. The monoisotopic (exact) mass is 345 g/mol. The predicted octanol–water partition coefficient (Wildman–Crippen LogP) is 4.09. The van der Waals surface area contributed by atoms with Crippen LogP contribution in [0, 0.1) is 18.3 Å². The zero-order chi connectivity index (χ0) is 18.5. The standard InChI is InChI=1S/C21H19N3O2/c1-12-8-17(26-3)19(15-6-7-23-20(12)15)21(2,25)18-10-14-9-13(11-22)4-5-16(14)24-18/h4-10,23-25H,1-3H3. The van der Waals surface area contributed by atoms with Crippen molar-refractivity contribution in [1.29, 1.82) is 5.26 Å². The van der Waals surface area contributed by atoms with Crippen LogP contribution in [-0.2, 0) is 5.60 Å². The molecule has 0 radical (unpaired) electrons. The van der Waals surface area contributed by atoms with E-state index in [0.717, 1.165) is 27.4 Å². The van der Waals surface area contributed by atoms with Gasteiger partial charge in [-0.15, -0.1) is 0 Å². The first-order valence-electron chi connectivity index (χ1n) is 8.36. The molecular weight excluding hydrogens is 326 g/mol. The summed E-state index contributed by atoms with van der Waals surface area (Å²) in [6.07, 6.45) is 1.86. The highest BCUT2D eigenvalue weighted by molar-refractivity contribution is 5.90. The number of nitrogens with zero attached hydrogens (tertiary/aromatic N) is 1. The minimum atomic E-state index is -1.30. The maximum Gasteiger partial charge on any atom is 0.131 e. The Balaban J connectivity index is 1.97. The first kappa shape index (κ1) is 16.2. The minimum Gasteiger partial charge on any atom is -0.496 e. The van der Waals surface area contributed by atoms with Gasteiger partial charge in [-0.05, 0) is 55.8 Å². The fourth-order valence-electron chi connectivity index (χ4n) is 3.64. The Morgan fingerprint density at radius 1 is 1.19 bits per heavy atom. The molecule has 2 aromatic heterocycles. The van der Waals surface area contributed by atoms with Gasteiger partial charge in [0.1, 0.15) is 11.4 Å². The maximum absolute atomic E-state index is 11.5. The van der Waals surface area contributed by atoms with Gasteiger partial charge in [0, 0.05) is 33.6 Å². The van der Waals surface area contributed by atoms with E-state index in [1.165, 1.54) is 0 Å². The number of H-pyrrole nitrogens is 2. The summed E-state index contributed by atoms with van der Waals surface area (Å²) >= 11 is 0. The second-order valence-electron chi connectivity index (χ2n) is 6.71. The third-order valence-electron chi connectivity index (χ3n) is 4.99. The fraction of sp³-hybridized carbons (Fsp3) is 0.190. The van der Waals surface area contributed by atoms with Crippen LogP contribution in [0.5, 0.6) is 5.75 Å². The van der Waals surface area contributed by atoms with Crippen LogP contribution in [0.1, 0.15) is 29.3 Å². The summed E-state index contributed by atoms with van der Waals surface area (Å²) in [7, 11) is 1.61. The molecule has 0 aliphatic heterocycles. The Hall–Kier alpha value is -3.23. The SMILES string of the molecule is COc1cc(C)c2[nH]ccc2c1C(C)(O)c1cc2cc(C#N)ccc2[nH]1. The average molecular weight is 345 g/mol. The molecule has 0 aliphatic carbocycles. The lowest BCUT2D eigenvalue weighted by atomic mass is 9.88. The lowest BCUT2D eigenvalue weighted by Crippen LogP contribution is -2.24. The van der Waals surface area contributed by atoms with Crippen molar-refractivity contribution in [3.63, 3.8) is 0 Å². The van der Waals surface area contributed by atoms with Crippen LogP contribution in [0.3, 0.4) is 0 Å². The number of nitrogens with one attached hydrogen (secondary N) is 2. The Kier molecular flexibility index (Phi) is 3.53. The van der Waals surface area contributed by atoms with E-state index in [9.17, 15) is 5.11 Å². The fourth-order valence-corrected chi connectivity index (χ4v) is 3.64. The lowest BCUT2D eigenvalue weighted by Gasteiger charge is -2.26. The number of hydrogen-bond donors (Lipinski definition) is 3. The molecular formula is C21H19N3O2. The van der Waals surface area contributed by atoms with Gasteiger partial charge in [-0.3, -0.25) is 0 Å². The molecule has 1 unspecified atom stereocenters. The number of aromatic nitrogens is 2. The summed E-state index contributed by atoms with van der Waals surface area (Å²) in [6.45, 7) is 3.76. The van der Waals surface area contributed by atoms with Gasteiger partial charge in [0.05, 0.1) is 24.4 Å². The third kappa shape index (κ3) is 2.27. The van der Waals surface area contributed by atoms with E-state index in [1.54, 1.807) is 20.1 Å². The van der Waals surface area contributed by atoms with Crippen LogP contribution in [-0.4, -0.2) is 22.2 Å². The summed E-state index contributed by atoms with van der Waals surface area (Å²) in [5.74, 6) is 0.635. The van der Waals surface area contributed by atoms with Gasteiger partial charge in [-0.1, -0.05) is 0 Å². The van der Waals surface area contributed by atoms with Gasteiger partial charge in [0.25, 0.3) is 0 Å². The molecule has 4 aromatic rings. The molecule has 1 atom stereocenters. The topological polar surface area (TPSA) is 84.8 Å². The molecule has 130 valence electrons. The number of rotatable bonds is 3. The summed E-state index contributed by atoms with van der Waals surface area (Å²) in [5.41, 5.74) is 3.53. The van der Waals surface area contributed by atoms with E-state index < -0.39 is 5.60 Å². The number of benzene rings is 2. The zero-order valence-electron chi connectivity index (χ0n) is 14.8. The molecule has 0 spiro atoms. The van der Waals surface area contributed by atoms with Gasteiger partial charge in [-0.2, -0.15) is 5.26 Å². The Labute approximate surface area is 150 Å². The van der Waals surface area contributed by atoms with Crippen LogP contribution < -0.4 is 4.74 Å². The van der Waals surface area contributed by atoms with Crippen molar-refractivity contribution < 1.29 is 9.84 Å². The number of ether oxygens (including phenoxy) is 1. The molecule has 26 heavy (non-hydrogen) atoms. The number of aryl methyl sites for hydroxylation is 1. The quantitative estimate of drug-likeness (QED) is 0.523. The van der Waals surface area contributed by atoms with Gasteiger partial charge in [0.15, 0.2) is 0 Å². The summed E-state index contributed by atoms with van der Waals surface area (Å²) in [5, 5.41) is 22.4. The van der Waals surface area contributed by atoms with Crippen molar-refractivity contribution in [2.45, 2.75) is 19.4 Å². The van der Waals surface area contributed by atoms with E-state index in [2.05, 4.69) is 16.0 Å². The van der Waals surface area contributed by atoms with E-state index in [4.69, 9.17) is 10.00 Å². The van der Waals surface area contributed by atoms with E-state index in [0.29, 0.717) is 22.6 Å². The number of nitriles is 1. The molecule has 2 heterocycles. The predicted molar refractivity (Wildman–Crippen MR) is 101 cm³/mol. The van der Waals surface area contributed by atoms with Gasteiger partial charge >= 0.3 is 0 Å². The number of methoxy groups -OCH3 is 1. The number of hydrogen-bond acceptors (Lipinski definition) is 3. The van der Waals surface area contributed by atoms with E-state index >= 15 is 0 Å². The van der Waals surface area contributed by atoms with Gasteiger partial charge in [-0.25, -0.2) is 0 Å². The molecule has 3 N–H and O–H groups in total. The van der Waals surface area contributed by atoms with Crippen LogP contribution >= 0.6 is 0 Å². The summed E-state index contributed by atoms with van der Waals surface area (Å²) in [6, 6.07) is 13.3. The zero-order valence-corrected chi connectivity index (χ0v) is 14.8. The lowest BCUT2D eigenvalue weighted by molar-refractivity contribution is 0.0967. The Morgan fingerprint density at radius 3 is 2.73 bits per heavy atom. The molecule has 5 heteroatoms. The smallest absolute Gasteiger partial charge is 0.131 e. The highest BCUT2D eigenvalue weighted by Crippen LogP contribution is 2.41. The molecule has 0 amide bonds. The second-order valence-corrected chi connectivity index (χ2v) is 6.71. The van der Waals surface area contributed by atoms with Crippen molar-refractivity contribution in [3.05, 3.63) is 65.0 Å². The largest absolute Gasteiger partial charge is 0.496 e. The Bertz CT molecular complexity index is 1180. The number of aromatic amines is 2. The normalized spacial score (nSPS) is 13.7. The summed E-state index contributed by atoms with van der Waals surface area (Å²) in [4.78, 5) is 6.52. The van der Waals surface area contributed by atoms with Crippen molar-refractivity contribution in [3.8, 4) is 11.8 Å². The first-order chi connectivity index (χ1) is 12.5. The highest BCUT2D eigenvalue weighted by atomic mass is 16.5. The van der Waals surface area contributed by atoms with Crippen LogP contribution in [0.2, 0.25) is 0 Å². The second kappa shape index (κ2) is 5.65. The molecule has 0 saturated heterocycles. The highest BCUT2D eigenvalue weighted by Gasteiger charge is 2.33. The van der Waals surface area contributed by atoms with Gasteiger partial charge in [0.2, 0.25) is 0 Å². The van der Waals surface area contributed by atoms with Crippen molar-refractivity contribution in [1.82, 2.24) is 9.97 Å². The molecule has 2 aromatic carbocycles. The van der Waals surface area contributed by atoms with Crippen molar-refractivity contribution in [2.75, 3.05) is 7.11 Å². The molecule has 4 rings (SSSR count). The Morgan fingerprint density at radius 2 is 2.00 bits per heavy atom. The minimum absolute atomic E-state index is 0.587. The molecule has 5 nitrogen and oxygen atoms in total. The third-order valence-corrected chi connectivity index (χ3v) is 4.99. The van der Waals surface area contributed by atoms with Crippen molar-refractivity contribution >= 4 is 21.8 Å². The molecule has 0 bridgehead atoms. The van der Waals surface area contributed by atoms with E-state index in [1.807, 2.05) is 43.5 Å². The van der Waals surface area contributed by atoms with E-state index in [-0.39, 0.29) is 0 Å². The van der Waals surface area contributed by atoms with Crippen LogP contribution in [0.4, 0.5) is 0 Å². The number of aliphatic hydroxyl groups is 1. The van der Waals surface area contributed by atoms with Gasteiger partial charge < -0.3 is 19.8 Å². The summed E-state index contributed by atoms with van der Waals surface area (Å²) < 4.78 is 5.59. The molecule has 0 fully saturated rings. The maximum atomic E-state index is 11.5. The molecule has 0 aliphatic rings. The van der Waals surface area contributed by atoms with Crippen LogP contribution in [0.25, 0.3) is 21.8 Å².